The van der Waals surface area contributed by atoms with E-state index in [1.165, 1.54) is 250 Å². The van der Waals surface area contributed by atoms with Crippen LogP contribution in [-0.4, -0.2) is 37.2 Å². The highest BCUT2D eigenvalue weighted by Gasteiger charge is 2.19. The van der Waals surface area contributed by atoms with Gasteiger partial charge >= 0.3 is 17.9 Å². The highest BCUT2D eigenvalue weighted by Crippen LogP contribution is 2.19. The summed E-state index contributed by atoms with van der Waals surface area (Å²) < 4.78 is 16.9. The number of ether oxygens (including phenoxy) is 3. The van der Waals surface area contributed by atoms with Crippen molar-refractivity contribution in [3.05, 3.63) is 48.6 Å². The highest BCUT2D eigenvalue weighted by atomic mass is 16.6. The standard InChI is InChI=1S/C76H140O6/c1-4-7-10-13-16-19-22-25-27-29-30-31-32-33-34-35-36-37-38-39-40-41-42-43-44-45-46-47-49-51-54-57-60-63-66-69-75(78)81-72-73(71-80-74(77)68-65-62-59-56-53-50-24-21-18-15-12-9-6-3)82-76(79)70-67-64-61-58-55-52-48-28-26-23-20-17-14-11-8-5-2/h12,15,20-21,23-24,28,48,73H,4-11,13-14,16-19,22,25-27,29-47,49-72H2,1-3H3/b15-12-,23-20-,24-21-,48-28-. The third-order valence-corrected chi connectivity index (χ3v) is 16.5. The minimum absolute atomic E-state index is 0.0801. The van der Waals surface area contributed by atoms with Crippen LogP contribution in [0.15, 0.2) is 48.6 Å². The molecule has 0 bridgehead atoms. The third kappa shape index (κ3) is 68.2. The fraction of sp³-hybridized carbons (Fsp3) is 0.855. The molecule has 0 amide bonds. The zero-order chi connectivity index (χ0) is 59.2. The van der Waals surface area contributed by atoms with Gasteiger partial charge in [-0.2, -0.15) is 0 Å². The fourth-order valence-corrected chi connectivity index (χ4v) is 11.0. The molecule has 0 aliphatic rings. The normalized spacial score (nSPS) is 12.3. The lowest BCUT2D eigenvalue weighted by atomic mass is 10.0. The summed E-state index contributed by atoms with van der Waals surface area (Å²) in [5, 5.41) is 0. The predicted octanol–water partition coefficient (Wildman–Crippen LogP) is 25.3. The maximum atomic E-state index is 12.9. The maximum absolute atomic E-state index is 12.9. The molecule has 0 radical (unpaired) electrons. The van der Waals surface area contributed by atoms with Crippen molar-refractivity contribution >= 4 is 17.9 Å². The molecule has 0 aromatic rings. The smallest absolute Gasteiger partial charge is 0.306 e. The molecule has 0 aliphatic heterocycles. The van der Waals surface area contributed by atoms with Gasteiger partial charge in [0, 0.05) is 19.3 Å². The van der Waals surface area contributed by atoms with Crippen LogP contribution in [0.4, 0.5) is 0 Å². The second kappa shape index (κ2) is 70.9. The van der Waals surface area contributed by atoms with Crippen molar-refractivity contribution in [3.8, 4) is 0 Å². The number of unbranched alkanes of at least 4 members (excludes halogenated alkanes) is 49. The van der Waals surface area contributed by atoms with Crippen molar-refractivity contribution in [3.63, 3.8) is 0 Å². The topological polar surface area (TPSA) is 78.9 Å². The molecule has 0 spiro atoms. The van der Waals surface area contributed by atoms with E-state index in [1.807, 2.05) is 0 Å². The first kappa shape index (κ1) is 79.4. The highest BCUT2D eigenvalue weighted by molar-refractivity contribution is 5.71. The van der Waals surface area contributed by atoms with Crippen LogP contribution in [0, 0.1) is 0 Å². The zero-order valence-corrected chi connectivity index (χ0v) is 55.3. The molecule has 82 heavy (non-hydrogen) atoms. The minimum atomic E-state index is -0.786. The van der Waals surface area contributed by atoms with Crippen molar-refractivity contribution in [1.82, 2.24) is 0 Å². The van der Waals surface area contributed by atoms with Crippen LogP contribution in [0.5, 0.6) is 0 Å². The first-order valence-corrected chi connectivity index (χ1v) is 36.6. The minimum Gasteiger partial charge on any atom is -0.462 e. The number of hydrogen-bond acceptors (Lipinski definition) is 6. The van der Waals surface area contributed by atoms with Gasteiger partial charge in [-0.15, -0.1) is 0 Å². The molecule has 0 N–H and O–H groups in total. The van der Waals surface area contributed by atoms with Gasteiger partial charge in [-0.3, -0.25) is 14.4 Å². The van der Waals surface area contributed by atoms with E-state index in [4.69, 9.17) is 14.2 Å². The van der Waals surface area contributed by atoms with Crippen molar-refractivity contribution in [2.45, 2.75) is 406 Å². The van der Waals surface area contributed by atoms with Crippen LogP contribution in [0.25, 0.3) is 0 Å². The molecule has 0 aromatic carbocycles. The predicted molar refractivity (Wildman–Crippen MR) is 358 cm³/mol. The van der Waals surface area contributed by atoms with Gasteiger partial charge in [0.25, 0.3) is 0 Å². The summed E-state index contributed by atoms with van der Waals surface area (Å²) in [7, 11) is 0. The van der Waals surface area contributed by atoms with Crippen molar-refractivity contribution in [2.75, 3.05) is 13.2 Å². The fourth-order valence-electron chi connectivity index (χ4n) is 11.0. The van der Waals surface area contributed by atoms with Crippen molar-refractivity contribution in [2.24, 2.45) is 0 Å². The number of esters is 3. The van der Waals surface area contributed by atoms with E-state index in [9.17, 15) is 14.4 Å². The van der Waals surface area contributed by atoms with Gasteiger partial charge in [-0.1, -0.05) is 352 Å². The molecule has 0 fully saturated rings. The van der Waals surface area contributed by atoms with E-state index in [0.29, 0.717) is 19.3 Å². The van der Waals surface area contributed by atoms with Gasteiger partial charge < -0.3 is 14.2 Å². The van der Waals surface area contributed by atoms with E-state index in [2.05, 4.69) is 69.4 Å². The monoisotopic (exact) mass is 1150 g/mol. The van der Waals surface area contributed by atoms with Crippen LogP contribution in [0.1, 0.15) is 400 Å². The summed E-state index contributed by atoms with van der Waals surface area (Å²) in [4.78, 5) is 38.3. The summed E-state index contributed by atoms with van der Waals surface area (Å²) in [5.74, 6) is -0.887. The lowest BCUT2D eigenvalue weighted by molar-refractivity contribution is -0.167. The molecule has 480 valence electrons. The Morgan fingerprint density at radius 3 is 0.732 bits per heavy atom. The lowest BCUT2D eigenvalue weighted by Gasteiger charge is -2.18. The van der Waals surface area contributed by atoms with Crippen molar-refractivity contribution < 1.29 is 28.6 Å². The van der Waals surface area contributed by atoms with Crippen molar-refractivity contribution in [1.29, 1.82) is 0 Å². The maximum Gasteiger partial charge on any atom is 0.306 e. The van der Waals surface area contributed by atoms with Gasteiger partial charge in [0.05, 0.1) is 0 Å². The van der Waals surface area contributed by atoms with E-state index in [-0.39, 0.29) is 31.1 Å². The molecule has 0 heterocycles. The lowest BCUT2D eigenvalue weighted by Crippen LogP contribution is -2.30. The molecule has 0 aromatic heterocycles. The van der Waals surface area contributed by atoms with Gasteiger partial charge in [-0.05, 0) is 77.0 Å². The van der Waals surface area contributed by atoms with E-state index < -0.39 is 6.10 Å². The number of carbonyl (C=O) groups excluding carboxylic acids is 3. The van der Waals surface area contributed by atoms with Crippen LogP contribution in [0.3, 0.4) is 0 Å². The Morgan fingerprint density at radius 2 is 0.463 bits per heavy atom. The van der Waals surface area contributed by atoms with Gasteiger partial charge in [0.2, 0.25) is 0 Å². The Kier molecular flexibility index (Phi) is 68.6. The first-order chi connectivity index (χ1) is 40.5. The van der Waals surface area contributed by atoms with Gasteiger partial charge in [0.15, 0.2) is 6.10 Å². The number of carbonyl (C=O) groups is 3. The summed E-state index contributed by atoms with van der Waals surface area (Å²) >= 11 is 0. The molecule has 1 unspecified atom stereocenters. The Morgan fingerprint density at radius 1 is 0.244 bits per heavy atom. The summed E-state index contributed by atoms with van der Waals surface area (Å²) in [6, 6.07) is 0. The van der Waals surface area contributed by atoms with Crippen LogP contribution in [0.2, 0.25) is 0 Å². The Bertz CT molecular complexity index is 1410. The van der Waals surface area contributed by atoms with Crippen LogP contribution >= 0.6 is 0 Å². The number of allylic oxidation sites excluding steroid dienone is 8. The quantitative estimate of drug-likeness (QED) is 0.0261. The summed E-state index contributed by atoms with van der Waals surface area (Å²) in [6.07, 6.45) is 90.4. The van der Waals surface area contributed by atoms with Gasteiger partial charge in [-0.25, -0.2) is 0 Å². The van der Waals surface area contributed by atoms with Gasteiger partial charge in [0.1, 0.15) is 13.2 Å². The SMILES string of the molecule is CCC/C=C\C/C=C\CCCCCCCC(=O)OCC(COC(=O)CCCCCCCCCCCCCCCCCCCCCCCCCCCCCCCCCCCCC)OC(=O)CCCCCCC/C=C\C/C=C\CCCCCC. The van der Waals surface area contributed by atoms with E-state index in [1.54, 1.807) is 0 Å². The molecule has 0 saturated heterocycles. The molecule has 0 aliphatic carbocycles. The Labute approximate surface area is 511 Å². The molecular formula is C76H140O6. The average molecular weight is 1150 g/mol. The zero-order valence-electron chi connectivity index (χ0n) is 55.3. The van der Waals surface area contributed by atoms with E-state index in [0.717, 1.165) is 109 Å². The number of hydrogen-bond donors (Lipinski definition) is 0. The molecule has 0 rings (SSSR count). The van der Waals surface area contributed by atoms with Crippen LogP contribution < -0.4 is 0 Å². The summed E-state index contributed by atoms with van der Waals surface area (Å²) in [6.45, 7) is 6.60. The second-order valence-electron chi connectivity index (χ2n) is 24.9. The molecule has 6 nitrogen and oxygen atoms in total. The summed E-state index contributed by atoms with van der Waals surface area (Å²) in [5.41, 5.74) is 0. The van der Waals surface area contributed by atoms with E-state index >= 15 is 0 Å². The van der Waals surface area contributed by atoms with Crippen LogP contribution in [-0.2, 0) is 28.6 Å². The Balaban J connectivity index is 4.06. The molecule has 6 heteroatoms. The molecular weight excluding hydrogens is 1010 g/mol. The first-order valence-electron chi connectivity index (χ1n) is 36.6. The average Bonchev–Trinajstić information content (AvgIpc) is 3.47. The Hall–Kier alpha value is -2.63. The molecule has 1 atom stereocenters. The molecule has 0 saturated carbocycles. The second-order valence-corrected chi connectivity index (χ2v) is 24.9. The third-order valence-electron chi connectivity index (χ3n) is 16.5. The number of rotatable bonds is 68. The largest absolute Gasteiger partial charge is 0.462 e.